The van der Waals surface area contributed by atoms with E-state index in [0.717, 1.165) is 17.3 Å². The molecule has 128 valence electrons. The fraction of sp³-hybridized carbons (Fsp3) is 0.375. The monoisotopic (exact) mass is 366 g/mol. The lowest BCUT2D eigenvalue weighted by Crippen LogP contribution is -2.47. The number of carbonyl (C=O) groups is 2. The normalized spacial score (nSPS) is 21.1. The summed E-state index contributed by atoms with van der Waals surface area (Å²) in [5, 5.41) is 0.996. The molecule has 0 N–H and O–H groups in total. The average Bonchev–Trinajstić information content (AvgIpc) is 2.93. The zero-order valence-corrected chi connectivity index (χ0v) is 14.6. The Bertz CT molecular complexity index is 738. The molecule has 2 amide bonds. The highest BCUT2D eigenvalue weighted by Crippen LogP contribution is 2.27. The predicted octanol–water partition coefficient (Wildman–Crippen LogP) is 2.15. The van der Waals surface area contributed by atoms with Crippen LogP contribution in [0.2, 0.25) is 0 Å². The van der Waals surface area contributed by atoms with Gasteiger partial charge in [-0.15, -0.1) is 0 Å². The molecule has 2 saturated heterocycles. The van der Waals surface area contributed by atoms with Crippen LogP contribution in [-0.4, -0.2) is 53.7 Å². The Morgan fingerprint density at radius 1 is 1.08 bits per heavy atom. The third-order valence-corrected chi connectivity index (χ3v) is 6.56. The molecule has 2 aliphatic heterocycles. The van der Waals surface area contributed by atoms with Gasteiger partial charge >= 0.3 is 0 Å². The van der Waals surface area contributed by atoms with Crippen molar-refractivity contribution in [2.45, 2.75) is 18.9 Å². The maximum absolute atomic E-state index is 12.4. The quantitative estimate of drug-likeness (QED) is 0.816. The molecule has 1 aromatic rings. The van der Waals surface area contributed by atoms with Gasteiger partial charge in [0.05, 0.1) is 5.75 Å². The van der Waals surface area contributed by atoms with E-state index in [0.29, 0.717) is 25.9 Å². The first-order valence-electron chi connectivity index (χ1n) is 7.69. The van der Waals surface area contributed by atoms with Crippen molar-refractivity contribution in [3.63, 3.8) is 0 Å². The van der Waals surface area contributed by atoms with E-state index in [9.17, 15) is 18.0 Å². The van der Waals surface area contributed by atoms with E-state index >= 15 is 0 Å². The van der Waals surface area contributed by atoms with Crippen LogP contribution in [0.5, 0.6) is 0 Å². The molecule has 2 aliphatic rings. The van der Waals surface area contributed by atoms with Crippen LogP contribution >= 0.6 is 11.8 Å². The molecule has 2 heterocycles. The maximum atomic E-state index is 12.4. The van der Waals surface area contributed by atoms with Gasteiger partial charge in [0.1, 0.15) is 0 Å². The molecule has 0 saturated carbocycles. The number of rotatable bonds is 4. The number of carbonyl (C=O) groups excluding carboxylic acids is 2. The third kappa shape index (κ3) is 3.71. The van der Waals surface area contributed by atoms with Gasteiger partial charge in [0, 0.05) is 24.5 Å². The zero-order valence-electron chi connectivity index (χ0n) is 13.0. The minimum absolute atomic E-state index is 0.171. The second-order valence-corrected chi connectivity index (χ2v) is 8.45. The average molecular weight is 366 g/mol. The Kier molecular flexibility index (Phi) is 5.07. The van der Waals surface area contributed by atoms with Gasteiger partial charge in [-0.2, -0.15) is 4.31 Å². The number of benzene rings is 1. The van der Waals surface area contributed by atoms with E-state index in [-0.39, 0.29) is 22.9 Å². The Morgan fingerprint density at radius 2 is 1.75 bits per heavy atom. The number of thioether (sulfide) groups is 1. The van der Waals surface area contributed by atoms with Gasteiger partial charge < -0.3 is 0 Å². The van der Waals surface area contributed by atoms with Crippen LogP contribution in [0.15, 0.2) is 35.7 Å². The minimum atomic E-state index is -3.50. The standard InChI is InChI=1S/C16H18N2O4S2/c19-15-12-23-16(20)18(15)14-6-9-17(10-7-14)24(21,22)11-8-13-4-2-1-3-5-13/h1-5,8,11,14H,6-7,9-10,12H2/b11-8+. The first-order valence-corrected chi connectivity index (χ1v) is 10.2. The number of sulfonamides is 1. The van der Waals surface area contributed by atoms with Crippen molar-refractivity contribution in [2.75, 3.05) is 18.8 Å². The van der Waals surface area contributed by atoms with Crippen molar-refractivity contribution in [3.05, 3.63) is 41.3 Å². The number of nitrogens with zero attached hydrogens (tertiary/aromatic N) is 2. The molecule has 0 spiro atoms. The fourth-order valence-corrected chi connectivity index (χ4v) is 4.88. The van der Waals surface area contributed by atoms with Crippen molar-refractivity contribution in [3.8, 4) is 0 Å². The van der Waals surface area contributed by atoms with Crippen LogP contribution in [0.3, 0.4) is 0 Å². The Hall–Kier alpha value is -1.64. The van der Waals surface area contributed by atoms with Gasteiger partial charge in [0.15, 0.2) is 0 Å². The Morgan fingerprint density at radius 3 is 2.33 bits per heavy atom. The van der Waals surface area contributed by atoms with Crippen molar-refractivity contribution >= 4 is 39.0 Å². The van der Waals surface area contributed by atoms with Crippen LogP contribution in [0.1, 0.15) is 18.4 Å². The molecule has 0 aliphatic carbocycles. The molecule has 24 heavy (non-hydrogen) atoms. The summed E-state index contributed by atoms with van der Waals surface area (Å²) in [7, 11) is -3.50. The predicted molar refractivity (Wildman–Crippen MR) is 93.7 cm³/mol. The van der Waals surface area contributed by atoms with Crippen LogP contribution in [0.4, 0.5) is 4.79 Å². The molecule has 0 aromatic heterocycles. The summed E-state index contributed by atoms with van der Waals surface area (Å²) in [6, 6.07) is 9.04. The van der Waals surface area contributed by atoms with Crippen LogP contribution in [0, 0.1) is 0 Å². The molecule has 0 atom stereocenters. The zero-order chi connectivity index (χ0) is 17.2. The molecule has 0 radical (unpaired) electrons. The van der Waals surface area contributed by atoms with Crippen LogP contribution in [-0.2, 0) is 14.8 Å². The number of piperidine rings is 1. The minimum Gasteiger partial charge on any atom is -0.273 e. The van der Waals surface area contributed by atoms with E-state index < -0.39 is 10.0 Å². The lowest BCUT2D eigenvalue weighted by Gasteiger charge is -2.34. The number of hydrogen-bond donors (Lipinski definition) is 0. The van der Waals surface area contributed by atoms with Crippen molar-refractivity contribution in [2.24, 2.45) is 0 Å². The first kappa shape index (κ1) is 17.2. The SMILES string of the molecule is O=C1CSC(=O)N1C1CCN(S(=O)(=O)/C=C/c2ccccc2)CC1. The topological polar surface area (TPSA) is 74.8 Å². The molecule has 0 bridgehead atoms. The van der Waals surface area contributed by atoms with Gasteiger partial charge in [-0.25, -0.2) is 8.42 Å². The van der Waals surface area contributed by atoms with E-state index in [4.69, 9.17) is 0 Å². The largest absolute Gasteiger partial charge is 0.289 e. The fourth-order valence-electron chi connectivity index (χ4n) is 2.89. The summed E-state index contributed by atoms with van der Waals surface area (Å²) < 4.78 is 26.2. The van der Waals surface area contributed by atoms with E-state index in [1.807, 2.05) is 30.3 Å². The molecule has 1 aromatic carbocycles. The summed E-state index contributed by atoms with van der Waals surface area (Å²) in [6.45, 7) is 0.627. The molecule has 3 rings (SSSR count). The number of hydrogen-bond acceptors (Lipinski definition) is 5. The molecular formula is C16H18N2O4S2. The lowest BCUT2D eigenvalue weighted by atomic mass is 10.1. The van der Waals surface area contributed by atoms with Crippen molar-refractivity contribution in [1.82, 2.24) is 9.21 Å². The number of amides is 2. The summed E-state index contributed by atoms with van der Waals surface area (Å²) >= 11 is 1.01. The Balaban J connectivity index is 1.62. The summed E-state index contributed by atoms with van der Waals surface area (Å²) in [5.74, 6) is 0.0206. The highest BCUT2D eigenvalue weighted by Gasteiger charge is 2.38. The van der Waals surface area contributed by atoms with E-state index in [1.165, 1.54) is 14.6 Å². The van der Waals surface area contributed by atoms with Gasteiger partial charge in [-0.1, -0.05) is 42.1 Å². The van der Waals surface area contributed by atoms with E-state index in [2.05, 4.69) is 0 Å². The smallest absolute Gasteiger partial charge is 0.273 e. The van der Waals surface area contributed by atoms with Crippen molar-refractivity contribution in [1.29, 1.82) is 0 Å². The third-order valence-electron chi connectivity index (χ3n) is 4.17. The second kappa shape index (κ2) is 7.08. The van der Waals surface area contributed by atoms with Gasteiger partial charge in [0.2, 0.25) is 15.9 Å². The molecule has 0 unspecified atom stereocenters. The molecule has 8 heteroatoms. The molecule has 6 nitrogen and oxygen atoms in total. The highest BCUT2D eigenvalue weighted by atomic mass is 32.2. The van der Waals surface area contributed by atoms with Crippen molar-refractivity contribution < 1.29 is 18.0 Å². The maximum Gasteiger partial charge on any atom is 0.289 e. The van der Waals surface area contributed by atoms with Gasteiger partial charge in [-0.3, -0.25) is 14.5 Å². The Labute approximate surface area is 145 Å². The van der Waals surface area contributed by atoms with Gasteiger partial charge in [0.25, 0.3) is 5.24 Å². The summed E-state index contributed by atoms with van der Waals surface area (Å²) in [5.41, 5.74) is 0.821. The second-order valence-electron chi connectivity index (χ2n) is 5.71. The highest BCUT2D eigenvalue weighted by molar-refractivity contribution is 8.14. The van der Waals surface area contributed by atoms with E-state index in [1.54, 1.807) is 6.08 Å². The molecule has 2 fully saturated rings. The van der Waals surface area contributed by atoms with Crippen LogP contribution in [0.25, 0.3) is 6.08 Å². The first-order chi connectivity index (χ1) is 11.5. The number of imide groups is 1. The summed E-state index contributed by atoms with van der Waals surface area (Å²) in [6.07, 6.45) is 2.54. The molecular weight excluding hydrogens is 348 g/mol. The van der Waals surface area contributed by atoms with Gasteiger partial charge in [-0.05, 0) is 24.5 Å². The summed E-state index contributed by atoms with van der Waals surface area (Å²) in [4.78, 5) is 24.8. The lowest BCUT2D eigenvalue weighted by molar-refractivity contribution is -0.126. The van der Waals surface area contributed by atoms with Crippen LogP contribution < -0.4 is 0 Å².